The Balaban J connectivity index is 2.31. The Morgan fingerprint density at radius 3 is 2.65 bits per heavy atom. The van der Waals surface area contributed by atoms with Gasteiger partial charge in [-0.25, -0.2) is 18.5 Å². The summed E-state index contributed by atoms with van der Waals surface area (Å²) in [7, 11) is -2.06. The maximum Gasteiger partial charge on any atom is 0.275 e. The molecule has 1 aromatic heterocycles. The second kappa shape index (κ2) is 5.06. The van der Waals surface area contributed by atoms with Crippen LogP contribution in [-0.4, -0.2) is 23.9 Å². The van der Waals surface area contributed by atoms with Crippen LogP contribution in [0.2, 0.25) is 0 Å². The third-order valence-electron chi connectivity index (χ3n) is 2.72. The first-order valence-corrected chi connectivity index (χ1v) is 7.25. The summed E-state index contributed by atoms with van der Waals surface area (Å²) in [6.45, 7) is 1.75. The van der Waals surface area contributed by atoms with Crippen LogP contribution in [0.1, 0.15) is 16.1 Å². The molecular weight excluding hydrogens is 280 g/mol. The topological polar surface area (TPSA) is 107 Å². The molecule has 0 saturated heterocycles. The number of nitrogens with zero attached hydrogens (tertiary/aromatic N) is 2. The normalized spacial score (nSPS) is 11.3. The number of amides is 1. The van der Waals surface area contributed by atoms with Crippen molar-refractivity contribution in [3.05, 3.63) is 42.0 Å². The number of carbonyl (C=O) groups is 1. The molecule has 0 bridgehead atoms. The first-order chi connectivity index (χ1) is 9.27. The molecule has 0 aliphatic rings. The third-order valence-corrected chi connectivity index (χ3v) is 3.63. The van der Waals surface area contributed by atoms with Crippen LogP contribution in [-0.2, 0) is 17.1 Å². The Morgan fingerprint density at radius 2 is 2.10 bits per heavy atom. The average molecular weight is 294 g/mol. The maximum atomic E-state index is 12.0. The summed E-state index contributed by atoms with van der Waals surface area (Å²) < 4.78 is 24.3. The van der Waals surface area contributed by atoms with Gasteiger partial charge in [-0.1, -0.05) is 6.07 Å². The van der Waals surface area contributed by atoms with Crippen LogP contribution in [0.4, 0.5) is 5.69 Å². The molecule has 2 rings (SSSR count). The van der Waals surface area contributed by atoms with Crippen LogP contribution < -0.4 is 10.5 Å². The van der Waals surface area contributed by atoms with Crippen LogP contribution in [0.15, 0.2) is 35.6 Å². The molecule has 0 saturated carbocycles. The average Bonchev–Trinajstić information content (AvgIpc) is 2.77. The summed E-state index contributed by atoms with van der Waals surface area (Å²) >= 11 is 0. The lowest BCUT2D eigenvalue weighted by molar-refractivity contribution is 0.102. The van der Waals surface area contributed by atoms with Crippen molar-refractivity contribution in [2.45, 2.75) is 11.8 Å². The molecule has 0 unspecified atom stereocenters. The minimum atomic E-state index is -3.81. The summed E-state index contributed by atoms with van der Waals surface area (Å²) in [5, 5.41) is 7.68. The van der Waals surface area contributed by atoms with Gasteiger partial charge in [0.2, 0.25) is 10.0 Å². The van der Waals surface area contributed by atoms with Gasteiger partial charge in [0.15, 0.2) is 0 Å². The molecular formula is C12H14N4O3S. The van der Waals surface area contributed by atoms with E-state index in [2.05, 4.69) is 10.3 Å². The van der Waals surface area contributed by atoms with Crippen LogP contribution >= 0.6 is 0 Å². The van der Waals surface area contributed by atoms with Gasteiger partial charge in [-0.15, -0.1) is 0 Å². The molecule has 1 aromatic carbocycles. The Bertz CT molecular complexity index is 765. The lowest BCUT2D eigenvalue weighted by atomic mass is 10.2. The molecule has 3 N–H and O–H groups in total. The van der Waals surface area contributed by atoms with Gasteiger partial charge in [0.1, 0.15) is 5.69 Å². The van der Waals surface area contributed by atoms with Crippen LogP contribution in [0.3, 0.4) is 0 Å². The number of aryl methyl sites for hydroxylation is 2. The highest BCUT2D eigenvalue weighted by atomic mass is 32.2. The molecule has 106 valence electrons. The molecule has 0 fully saturated rings. The van der Waals surface area contributed by atoms with E-state index in [-0.39, 0.29) is 10.6 Å². The van der Waals surface area contributed by atoms with E-state index in [1.807, 2.05) is 0 Å². The number of rotatable bonds is 3. The Morgan fingerprint density at radius 1 is 1.40 bits per heavy atom. The third kappa shape index (κ3) is 3.03. The second-order valence-corrected chi connectivity index (χ2v) is 5.96. The monoisotopic (exact) mass is 294 g/mol. The van der Waals surface area contributed by atoms with Gasteiger partial charge in [-0.05, 0) is 24.6 Å². The van der Waals surface area contributed by atoms with Crippen LogP contribution in [0.25, 0.3) is 0 Å². The standard InChI is InChI=1S/C12H14N4O3S/c1-8-3-4-9(20(13,18)19)5-10(8)15-12(17)11-6-16(2)7-14-11/h3-7H,1-2H3,(H,15,17)(H2,13,18,19). The SMILES string of the molecule is Cc1ccc(S(N)(=O)=O)cc1NC(=O)c1cn(C)cn1. The van der Waals surface area contributed by atoms with Crippen molar-refractivity contribution in [3.8, 4) is 0 Å². The number of anilines is 1. The number of nitrogens with one attached hydrogen (secondary N) is 1. The maximum absolute atomic E-state index is 12.0. The van der Waals surface area contributed by atoms with E-state index in [1.54, 1.807) is 30.8 Å². The van der Waals surface area contributed by atoms with Crippen LogP contribution in [0.5, 0.6) is 0 Å². The van der Waals surface area contributed by atoms with Gasteiger partial charge in [-0.3, -0.25) is 4.79 Å². The molecule has 0 radical (unpaired) electrons. The van der Waals surface area contributed by atoms with Crippen molar-refractivity contribution in [2.24, 2.45) is 12.2 Å². The van der Waals surface area contributed by atoms with Crippen molar-refractivity contribution in [1.82, 2.24) is 9.55 Å². The quantitative estimate of drug-likeness (QED) is 0.865. The van der Waals surface area contributed by atoms with E-state index in [1.165, 1.54) is 18.5 Å². The molecule has 1 heterocycles. The molecule has 0 atom stereocenters. The van der Waals surface area contributed by atoms with Crippen molar-refractivity contribution in [3.63, 3.8) is 0 Å². The molecule has 0 aliphatic carbocycles. The molecule has 20 heavy (non-hydrogen) atoms. The lowest BCUT2D eigenvalue weighted by Gasteiger charge is -2.08. The van der Waals surface area contributed by atoms with Gasteiger partial charge in [-0.2, -0.15) is 0 Å². The lowest BCUT2D eigenvalue weighted by Crippen LogP contribution is -2.16. The minimum Gasteiger partial charge on any atom is -0.340 e. The van der Waals surface area contributed by atoms with Gasteiger partial charge < -0.3 is 9.88 Å². The fourth-order valence-corrected chi connectivity index (χ4v) is 2.17. The van der Waals surface area contributed by atoms with Gasteiger partial charge in [0.05, 0.1) is 11.2 Å². The summed E-state index contributed by atoms with van der Waals surface area (Å²) in [6.07, 6.45) is 3.07. The van der Waals surface area contributed by atoms with Gasteiger partial charge in [0.25, 0.3) is 5.91 Å². The van der Waals surface area contributed by atoms with E-state index < -0.39 is 15.9 Å². The fourth-order valence-electron chi connectivity index (χ4n) is 1.63. The number of benzene rings is 1. The number of hydrogen-bond donors (Lipinski definition) is 2. The summed E-state index contributed by atoms with van der Waals surface area (Å²) in [5.74, 6) is -0.416. The Kier molecular flexibility index (Phi) is 3.60. The van der Waals surface area contributed by atoms with E-state index in [9.17, 15) is 13.2 Å². The molecule has 2 aromatic rings. The largest absolute Gasteiger partial charge is 0.340 e. The smallest absolute Gasteiger partial charge is 0.275 e. The highest BCUT2D eigenvalue weighted by Crippen LogP contribution is 2.20. The number of primary sulfonamides is 1. The van der Waals surface area contributed by atoms with Crippen LogP contribution in [0, 0.1) is 6.92 Å². The molecule has 1 amide bonds. The predicted molar refractivity (Wildman–Crippen MR) is 73.7 cm³/mol. The van der Waals surface area contributed by atoms with Gasteiger partial charge >= 0.3 is 0 Å². The fraction of sp³-hybridized carbons (Fsp3) is 0.167. The minimum absolute atomic E-state index is 0.0561. The summed E-state index contributed by atoms with van der Waals surface area (Å²) in [4.78, 5) is 15.8. The van der Waals surface area contributed by atoms with Gasteiger partial charge in [0, 0.05) is 18.9 Å². The summed E-state index contributed by atoms with van der Waals surface area (Å²) in [6, 6.07) is 4.29. The number of nitrogens with two attached hydrogens (primary N) is 1. The summed E-state index contributed by atoms with van der Waals surface area (Å²) in [5.41, 5.74) is 1.35. The molecule has 0 aliphatic heterocycles. The van der Waals surface area contributed by atoms with Crippen molar-refractivity contribution < 1.29 is 13.2 Å². The molecule has 0 spiro atoms. The van der Waals surface area contributed by atoms with E-state index in [0.717, 1.165) is 5.56 Å². The first-order valence-electron chi connectivity index (χ1n) is 5.70. The van der Waals surface area contributed by atoms with Crippen molar-refractivity contribution in [2.75, 3.05) is 5.32 Å². The van der Waals surface area contributed by atoms with E-state index in [4.69, 9.17) is 5.14 Å². The number of imidazole rings is 1. The van der Waals surface area contributed by atoms with Crippen molar-refractivity contribution in [1.29, 1.82) is 0 Å². The van der Waals surface area contributed by atoms with Crippen molar-refractivity contribution >= 4 is 21.6 Å². The zero-order valence-corrected chi connectivity index (χ0v) is 11.8. The number of sulfonamides is 1. The highest BCUT2D eigenvalue weighted by Gasteiger charge is 2.14. The molecule has 8 heteroatoms. The second-order valence-electron chi connectivity index (χ2n) is 4.40. The zero-order valence-electron chi connectivity index (χ0n) is 11.0. The number of carbonyl (C=O) groups excluding carboxylic acids is 1. The number of aromatic nitrogens is 2. The van der Waals surface area contributed by atoms with E-state index in [0.29, 0.717) is 5.69 Å². The van der Waals surface area contributed by atoms with E-state index >= 15 is 0 Å². The highest BCUT2D eigenvalue weighted by molar-refractivity contribution is 7.89. The Labute approximate surface area is 116 Å². The number of hydrogen-bond acceptors (Lipinski definition) is 4. The zero-order chi connectivity index (χ0) is 14.9. The predicted octanol–water partition coefficient (Wildman–Crippen LogP) is 0.628. The first kappa shape index (κ1) is 14.2. The Hall–Kier alpha value is -2.19. The molecule has 7 nitrogen and oxygen atoms in total.